The van der Waals surface area contributed by atoms with Crippen LogP contribution in [0.4, 0.5) is 0 Å². The third kappa shape index (κ3) is 6.08. The number of hydrogen-bond acceptors (Lipinski definition) is 5. The van der Waals surface area contributed by atoms with Gasteiger partial charge in [0, 0.05) is 12.3 Å². The number of amides is 1. The highest BCUT2D eigenvalue weighted by atomic mass is 35.5. The van der Waals surface area contributed by atoms with Crippen LogP contribution in [-0.2, 0) is 4.79 Å². The van der Waals surface area contributed by atoms with E-state index in [1.54, 1.807) is 16.7 Å². The molecule has 2 aliphatic rings. The normalized spacial score (nSPS) is 16.8. The smallest absolute Gasteiger partial charge is 0.278 e. The van der Waals surface area contributed by atoms with Crippen LogP contribution in [0.5, 0.6) is 11.5 Å². The Hall–Kier alpha value is -2.44. The van der Waals surface area contributed by atoms with Gasteiger partial charge < -0.3 is 9.47 Å². The van der Waals surface area contributed by atoms with Crippen molar-refractivity contribution in [3.8, 4) is 11.5 Å². The number of aliphatic imine (C=N–C) groups is 1. The largest absolute Gasteiger partial charge is 0.494 e. The summed E-state index contributed by atoms with van der Waals surface area (Å²) in [6, 6.07) is 15.4. The molecule has 4 rings (SSSR count). The molecule has 0 aromatic heterocycles. The van der Waals surface area contributed by atoms with Gasteiger partial charge in [-0.3, -0.25) is 9.69 Å². The fourth-order valence-corrected chi connectivity index (χ4v) is 4.67. The molecule has 168 valence electrons. The molecule has 1 amide bonds. The summed E-state index contributed by atoms with van der Waals surface area (Å²) in [6.45, 7) is 2.12. The molecule has 5 nitrogen and oxygen atoms in total. The summed E-state index contributed by atoms with van der Waals surface area (Å²) >= 11 is 7.73. The van der Waals surface area contributed by atoms with E-state index in [1.807, 2.05) is 54.6 Å². The number of para-hydroxylation sites is 1. The SMILES string of the molecule is O=C1/C(=C/c2ccc(OCCCCCCOc3ccccc3Cl)cc2)N=C2SCCCN12. The number of nitrogens with zero attached hydrogens (tertiary/aromatic N) is 2. The van der Waals surface area contributed by atoms with Crippen LogP contribution in [0.1, 0.15) is 37.7 Å². The van der Waals surface area contributed by atoms with Crippen molar-refractivity contribution in [2.24, 2.45) is 4.99 Å². The number of carbonyl (C=O) groups excluding carboxylic acids is 1. The van der Waals surface area contributed by atoms with E-state index in [2.05, 4.69) is 4.99 Å². The Morgan fingerprint density at radius 1 is 1.00 bits per heavy atom. The molecule has 0 spiro atoms. The number of halogens is 1. The molecule has 2 aromatic carbocycles. The quantitative estimate of drug-likeness (QED) is 0.314. The van der Waals surface area contributed by atoms with Crippen LogP contribution in [0.25, 0.3) is 6.08 Å². The number of fused-ring (bicyclic) bond motifs is 1. The maximum absolute atomic E-state index is 12.5. The van der Waals surface area contributed by atoms with E-state index in [1.165, 1.54) is 0 Å². The fraction of sp³-hybridized carbons (Fsp3) is 0.360. The molecule has 32 heavy (non-hydrogen) atoms. The second-order valence-electron chi connectivity index (χ2n) is 7.69. The minimum absolute atomic E-state index is 0.00444. The second kappa shape index (κ2) is 11.4. The third-order valence-electron chi connectivity index (χ3n) is 5.25. The first-order valence-electron chi connectivity index (χ1n) is 11.1. The van der Waals surface area contributed by atoms with Gasteiger partial charge in [0.15, 0.2) is 5.17 Å². The summed E-state index contributed by atoms with van der Waals surface area (Å²) in [6.07, 6.45) is 7.04. The molecule has 0 atom stereocenters. The van der Waals surface area contributed by atoms with Crippen molar-refractivity contribution in [3.63, 3.8) is 0 Å². The topological polar surface area (TPSA) is 51.1 Å². The molecule has 0 bridgehead atoms. The number of thioether (sulfide) groups is 1. The zero-order chi connectivity index (χ0) is 22.2. The van der Waals surface area contributed by atoms with Gasteiger partial charge in [-0.25, -0.2) is 4.99 Å². The van der Waals surface area contributed by atoms with Crippen LogP contribution in [0.15, 0.2) is 59.2 Å². The minimum Gasteiger partial charge on any atom is -0.494 e. The van der Waals surface area contributed by atoms with E-state index >= 15 is 0 Å². The van der Waals surface area contributed by atoms with E-state index < -0.39 is 0 Å². The Labute approximate surface area is 198 Å². The predicted octanol–water partition coefficient (Wildman–Crippen LogP) is 6.03. The number of carbonyl (C=O) groups is 1. The Kier molecular flexibility index (Phi) is 8.13. The van der Waals surface area contributed by atoms with Crippen LogP contribution in [0, 0.1) is 0 Å². The molecule has 2 aliphatic heterocycles. The molecule has 0 N–H and O–H groups in total. The van der Waals surface area contributed by atoms with Crippen molar-refractivity contribution in [1.82, 2.24) is 4.90 Å². The highest BCUT2D eigenvalue weighted by molar-refractivity contribution is 8.13. The Morgan fingerprint density at radius 3 is 2.50 bits per heavy atom. The van der Waals surface area contributed by atoms with Crippen molar-refractivity contribution in [2.45, 2.75) is 32.1 Å². The average molecular weight is 471 g/mol. The summed E-state index contributed by atoms with van der Waals surface area (Å²) in [5.74, 6) is 2.62. The number of unbranched alkanes of at least 4 members (excludes halogenated alkanes) is 3. The average Bonchev–Trinajstić information content (AvgIpc) is 3.13. The van der Waals surface area contributed by atoms with Crippen molar-refractivity contribution < 1.29 is 14.3 Å². The first-order valence-corrected chi connectivity index (χ1v) is 12.4. The number of rotatable bonds is 10. The lowest BCUT2D eigenvalue weighted by Gasteiger charge is -2.21. The lowest BCUT2D eigenvalue weighted by Crippen LogP contribution is -2.34. The van der Waals surface area contributed by atoms with Crippen LogP contribution in [-0.4, -0.2) is 41.5 Å². The lowest BCUT2D eigenvalue weighted by atomic mass is 10.2. The second-order valence-corrected chi connectivity index (χ2v) is 9.16. The van der Waals surface area contributed by atoms with Gasteiger partial charge in [-0.1, -0.05) is 47.6 Å². The first kappa shape index (κ1) is 22.7. The van der Waals surface area contributed by atoms with Crippen molar-refractivity contribution in [2.75, 3.05) is 25.5 Å². The van der Waals surface area contributed by atoms with E-state index in [0.29, 0.717) is 23.9 Å². The molecule has 0 radical (unpaired) electrons. The summed E-state index contributed by atoms with van der Waals surface area (Å²) in [7, 11) is 0. The molecular formula is C25H27ClN2O3S. The summed E-state index contributed by atoms with van der Waals surface area (Å²) < 4.78 is 11.6. The predicted molar refractivity (Wildman–Crippen MR) is 132 cm³/mol. The lowest BCUT2D eigenvalue weighted by molar-refractivity contribution is -0.122. The van der Waals surface area contributed by atoms with Gasteiger partial charge in [0.1, 0.15) is 17.2 Å². The monoisotopic (exact) mass is 470 g/mol. The van der Waals surface area contributed by atoms with Gasteiger partial charge in [0.05, 0.1) is 18.2 Å². The number of hydrogen-bond donors (Lipinski definition) is 0. The third-order valence-corrected chi connectivity index (χ3v) is 6.63. The van der Waals surface area contributed by atoms with Crippen molar-refractivity contribution in [1.29, 1.82) is 0 Å². The summed E-state index contributed by atoms with van der Waals surface area (Å²) in [5.41, 5.74) is 1.47. The zero-order valence-corrected chi connectivity index (χ0v) is 19.5. The highest BCUT2D eigenvalue weighted by Gasteiger charge is 2.32. The van der Waals surface area contributed by atoms with E-state index in [4.69, 9.17) is 21.1 Å². The minimum atomic E-state index is 0.00444. The molecule has 2 aromatic rings. The Bertz CT molecular complexity index is 991. The molecular weight excluding hydrogens is 444 g/mol. The van der Waals surface area contributed by atoms with Crippen LogP contribution in [0.3, 0.4) is 0 Å². The molecule has 7 heteroatoms. The zero-order valence-electron chi connectivity index (χ0n) is 18.0. The van der Waals surface area contributed by atoms with Crippen LogP contribution in [0.2, 0.25) is 5.02 Å². The maximum atomic E-state index is 12.5. The summed E-state index contributed by atoms with van der Waals surface area (Å²) in [4.78, 5) is 18.7. The van der Waals surface area contributed by atoms with Crippen LogP contribution >= 0.6 is 23.4 Å². The molecule has 0 aliphatic carbocycles. The molecule has 2 heterocycles. The van der Waals surface area contributed by atoms with E-state index in [-0.39, 0.29) is 5.91 Å². The van der Waals surface area contributed by atoms with E-state index in [9.17, 15) is 4.79 Å². The number of benzene rings is 2. The summed E-state index contributed by atoms with van der Waals surface area (Å²) in [5, 5.41) is 1.49. The molecule has 1 saturated heterocycles. The highest BCUT2D eigenvalue weighted by Crippen LogP contribution is 2.28. The van der Waals surface area contributed by atoms with E-state index in [0.717, 1.165) is 66.6 Å². The van der Waals surface area contributed by atoms with Gasteiger partial charge in [-0.15, -0.1) is 0 Å². The van der Waals surface area contributed by atoms with Gasteiger partial charge >= 0.3 is 0 Å². The Morgan fingerprint density at radius 2 is 1.75 bits per heavy atom. The van der Waals surface area contributed by atoms with Gasteiger partial charge in [0.25, 0.3) is 5.91 Å². The van der Waals surface area contributed by atoms with Gasteiger partial charge in [-0.05, 0) is 68.0 Å². The fourth-order valence-electron chi connectivity index (χ4n) is 3.53. The van der Waals surface area contributed by atoms with Crippen LogP contribution < -0.4 is 9.47 Å². The van der Waals surface area contributed by atoms with Gasteiger partial charge in [0.2, 0.25) is 0 Å². The number of amidine groups is 1. The molecule has 0 unspecified atom stereocenters. The van der Waals surface area contributed by atoms with Gasteiger partial charge in [-0.2, -0.15) is 0 Å². The first-order chi connectivity index (χ1) is 15.7. The molecule has 1 fully saturated rings. The Balaban J connectivity index is 1.13. The van der Waals surface area contributed by atoms with Crippen molar-refractivity contribution >= 4 is 40.5 Å². The molecule has 0 saturated carbocycles. The van der Waals surface area contributed by atoms with Crippen molar-refractivity contribution in [3.05, 3.63) is 64.8 Å². The number of ether oxygens (including phenoxy) is 2. The standard InChI is InChI=1S/C25H27ClN2O3S/c26-21-8-3-4-9-23(21)31-16-6-2-1-5-15-30-20-12-10-19(11-13-20)18-22-24(29)28-14-7-17-32-25(28)27-22/h3-4,8-13,18H,1-2,5-7,14-17H2/b22-18-. The maximum Gasteiger partial charge on any atom is 0.278 e.